The number of likely N-dealkylation sites (tertiary alicyclic amines) is 1. The van der Waals surface area contributed by atoms with E-state index in [1.807, 2.05) is 0 Å². The summed E-state index contributed by atoms with van der Waals surface area (Å²) >= 11 is 0. The highest BCUT2D eigenvalue weighted by Gasteiger charge is 2.17. The first-order valence-corrected chi connectivity index (χ1v) is 5.11. The van der Waals surface area contributed by atoms with Crippen molar-refractivity contribution in [3.63, 3.8) is 0 Å². The van der Waals surface area contributed by atoms with E-state index >= 15 is 0 Å². The summed E-state index contributed by atoms with van der Waals surface area (Å²) in [4.78, 5) is 34.3. The van der Waals surface area contributed by atoms with Crippen LogP contribution in [0.1, 0.15) is 12.8 Å². The number of rotatable bonds is 4. The summed E-state index contributed by atoms with van der Waals surface area (Å²) in [6.45, 7) is 0.920. The molecule has 0 radical (unpaired) electrons. The zero-order chi connectivity index (χ0) is 12.0. The van der Waals surface area contributed by atoms with Gasteiger partial charge in [0.2, 0.25) is 5.91 Å². The van der Waals surface area contributed by atoms with E-state index in [1.165, 1.54) is 0 Å². The summed E-state index contributed by atoms with van der Waals surface area (Å²) in [5.41, 5.74) is 0. The van der Waals surface area contributed by atoms with Crippen LogP contribution >= 0.6 is 0 Å². The van der Waals surface area contributed by atoms with Crippen molar-refractivity contribution in [1.29, 1.82) is 0 Å². The van der Waals surface area contributed by atoms with E-state index in [0.717, 1.165) is 25.9 Å². The molecule has 1 saturated heterocycles. The summed E-state index contributed by atoms with van der Waals surface area (Å²) in [7, 11) is 0. The second-order valence-corrected chi connectivity index (χ2v) is 3.52. The molecule has 1 rings (SSSR count). The van der Waals surface area contributed by atoms with Gasteiger partial charge in [0.05, 0.1) is 6.54 Å². The maximum atomic E-state index is 11.5. The Balaban J connectivity index is 2.15. The van der Waals surface area contributed by atoms with Crippen LogP contribution in [0.5, 0.6) is 0 Å². The van der Waals surface area contributed by atoms with Crippen molar-refractivity contribution in [3.8, 4) is 0 Å². The van der Waals surface area contributed by atoms with Gasteiger partial charge in [0, 0.05) is 13.1 Å². The lowest BCUT2D eigenvalue weighted by Gasteiger charge is -2.15. The molecule has 3 N–H and O–H groups in total. The van der Waals surface area contributed by atoms with E-state index in [2.05, 4.69) is 10.6 Å². The van der Waals surface area contributed by atoms with E-state index < -0.39 is 18.5 Å². The highest BCUT2D eigenvalue weighted by Crippen LogP contribution is 2.06. The van der Waals surface area contributed by atoms with E-state index in [1.54, 1.807) is 4.90 Å². The molecule has 1 heterocycles. The van der Waals surface area contributed by atoms with Crippen molar-refractivity contribution >= 4 is 17.9 Å². The number of aliphatic carboxylic acids is 1. The van der Waals surface area contributed by atoms with Gasteiger partial charge in [-0.2, -0.15) is 0 Å². The Morgan fingerprint density at radius 1 is 1.06 bits per heavy atom. The molecule has 90 valence electrons. The first-order valence-electron chi connectivity index (χ1n) is 5.11. The molecular weight excluding hydrogens is 214 g/mol. The number of carboxylic acids is 1. The molecule has 7 nitrogen and oxygen atoms in total. The highest BCUT2D eigenvalue weighted by atomic mass is 16.4. The van der Waals surface area contributed by atoms with Gasteiger partial charge in [0.1, 0.15) is 6.54 Å². The minimum absolute atomic E-state index is 0.0918. The molecule has 0 saturated carbocycles. The van der Waals surface area contributed by atoms with Gasteiger partial charge in [0.25, 0.3) is 0 Å². The average molecular weight is 229 g/mol. The lowest BCUT2D eigenvalue weighted by atomic mass is 10.4. The van der Waals surface area contributed by atoms with Gasteiger partial charge >= 0.3 is 12.0 Å². The summed E-state index contributed by atoms with van der Waals surface area (Å²) in [6.07, 6.45) is 1.99. The van der Waals surface area contributed by atoms with Gasteiger partial charge in [-0.15, -0.1) is 0 Å². The van der Waals surface area contributed by atoms with Crippen molar-refractivity contribution < 1.29 is 19.5 Å². The van der Waals surface area contributed by atoms with Crippen LogP contribution in [0.2, 0.25) is 0 Å². The number of nitrogens with zero attached hydrogens (tertiary/aromatic N) is 1. The zero-order valence-electron chi connectivity index (χ0n) is 8.86. The first kappa shape index (κ1) is 12.3. The van der Waals surface area contributed by atoms with E-state index in [9.17, 15) is 14.4 Å². The number of amides is 3. The quantitative estimate of drug-likeness (QED) is 0.575. The second kappa shape index (κ2) is 5.94. The number of hydrogen-bond donors (Lipinski definition) is 3. The summed E-state index contributed by atoms with van der Waals surface area (Å²) < 4.78 is 0. The molecule has 0 aliphatic carbocycles. The van der Waals surface area contributed by atoms with Crippen LogP contribution in [0.25, 0.3) is 0 Å². The van der Waals surface area contributed by atoms with Crippen LogP contribution in [-0.4, -0.2) is 54.1 Å². The van der Waals surface area contributed by atoms with Gasteiger partial charge in [-0.3, -0.25) is 9.59 Å². The van der Waals surface area contributed by atoms with E-state index in [0.29, 0.717) is 0 Å². The molecule has 1 fully saturated rings. The molecule has 0 aromatic rings. The highest BCUT2D eigenvalue weighted by molar-refractivity contribution is 5.85. The zero-order valence-corrected chi connectivity index (χ0v) is 8.86. The minimum atomic E-state index is -1.12. The number of nitrogens with one attached hydrogen (secondary N) is 2. The average Bonchev–Trinajstić information content (AvgIpc) is 2.76. The molecular formula is C9H15N3O4. The molecule has 1 aliphatic heterocycles. The number of carbonyl (C=O) groups is 3. The normalized spacial score (nSPS) is 14.6. The number of hydrogen-bond acceptors (Lipinski definition) is 3. The third kappa shape index (κ3) is 4.16. The summed E-state index contributed by atoms with van der Waals surface area (Å²) in [5.74, 6) is -1.26. The smallest absolute Gasteiger partial charge is 0.323 e. The van der Waals surface area contributed by atoms with Crippen LogP contribution in [0.3, 0.4) is 0 Å². The predicted molar refractivity (Wildman–Crippen MR) is 54.9 cm³/mol. The Hall–Kier alpha value is -1.79. The van der Waals surface area contributed by atoms with Crippen LogP contribution in [0.15, 0.2) is 0 Å². The van der Waals surface area contributed by atoms with Crippen LogP contribution < -0.4 is 10.6 Å². The van der Waals surface area contributed by atoms with Crippen molar-refractivity contribution in [3.05, 3.63) is 0 Å². The van der Waals surface area contributed by atoms with Gasteiger partial charge in [-0.05, 0) is 12.8 Å². The molecule has 0 unspecified atom stereocenters. The molecule has 16 heavy (non-hydrogen) atoms. The molecule has 3 amide bonds. The van der Waals surface area contributed by atoms with Crippen molar-refractivity contribution in [2.45, 2.75) is 12.8 Å². The molecule has 0 bridgehead atoms. The van der Waals surface area contributed by atoms with Crippen molar-refractivity contribution in [2.24, 2.45) is 0 Å². The van der Waals surface area contributed by atoms with Crippen molar-refractivity contribution in [1.82, 2.24) is 15.5 Å². The monoisotopic (exact) mass is 229 g/mol. The summed E-state index contributed by atoms with van der Waals surface area (Å²) in [5, 5.41) is 12.7. The van der Waals surface area contributed by atoms with E-state index in [4.69, 9.17) is 5.11 Å². The summed E-state index contributed by atoms with van der Waals surface area (Å²) in [6, 6.07) is -0.644. The second-order valence-electron chi connectivity index (χ2n) is 3.52. The Kier molecular flexibility index (Phi) is 4.56. The molecule has 0 atom stereocenters. The predicted octanol–water partition coefficient (Wildman–Crippen LogP) is -1.01. The SMILES string of the molecule is O=C(O)CNC(=O)NCC(=O)N1CCCC1. The Morgan fingerprint density at radius 3 is 2.19 bits per heavy atom. The van der Waals surface area contributed by atoms with Crippen LogP contribution in [0, 0.1) is 0 Å². The Labute approximate surface area is 92.8 Å². The minimum Gasteiger partial charge on any atom is -0.480 e. The van der Waals surface area contributed by atoms with E-state index in [-0.39, 0.29) is 12.5 Å². The molecule has 7 heteroatoms. The lowest BCUT2D eigenvalue weighted by Crippen LogP contribution is -2.44. The van der Waals surface area contributed by atoms with Crippen LogP contribution in [0.4, 0.5) is 4.79 Å². The maximum absolute atomic E-state index is 11.5. The third-order valence-corrected chi connectivity index (χ3v) is 2.26. The molecule has 0 aromatic heterocycles. The lowest BCUT2D eigenvalue weighted by molar-refractivity contribution is -0.135. The number of carboxylic acid groups (broad SMARTS) is 1. The molecule has 1 aliphatic rings. The van der Waals surface area contributed by atoms with Gasteiger partial charge in [-0.25, -0.2) is 4.79 Å². The first-order chi connectivity index (χ1) is 7.59. The number of carbonyl (C=O) groups excluding carboxylic acids is 2. The fourth-order valence-corrected chi connectivity index (χ4v) is 1.45. The van der Waals surface area contributed by atoms with Crippen LogP contribution in [-0.2, 0) is 9.59 Å². The molecule has 0 aromatic carbocycles. The van der Waals surface area contributed by atoms with Gasteiger partial charge in [-0.1, -0.05) is 0 Å². The third-order valence-electron chi connectivity index (χ3n) is 2.26. The maximum Gasteiger partial charge on any atom is 0.323 e. The largest absolute Gasteiger partial charge is 0.480 e. The Bertz CT molecular complexity index is 286. The number of urea groups is 1. The fraction of sp³-hybridized carbons (Fsp3) is 0.667. The topological polar surface area (TPSA) is 98.7 Å². The standard InChI is InChI=1S/C9H15N3O4/c13-7(12-3-1-2-4-12)5-10-9(16)11-6-8(14)15/h1-6H2,(H,14,15)(H2,10,11,16). The Morgan fingerprint density at radius 2 is 1.62 bits per heavy atom. The fourth-order valence-electron chi connectivity index (χ4n) is 1.45. The molecule has 0 spiro atoms. The van der Waals surface area contributed by atoms with Gasteiger partial charge in [0.15, 0.2) is 0 Å². The van der Waals surface area contributed by atoms with Gasteiger partial charge < -0.3 is 20.6 Å². The van der Waals surface area contributed by atoms with Crippen molar-refractivity contribution in [2.75, 3.05) is 26.2 Å².